The third kappa shape index (κ3) is 1.96. The van der Waals surface area contributed by atoms with Gasteiger partial charge in [-0.25, -0.2) is 4.98 Å². The number of carbonyl (C=O) groups excluding carboxylic acids is 2. The number of hydrogen-bond donors (Lipinski definition) is 0. The second kappa shape index (κ2) is 3.79. The highest BCUT2D eigenvalue weighted by molar-refractivity contribution is 6.41. The molecule has 1 aliphatic heterocycles. The van der Waals surface area contributed by atoms with Gasteiger partial charge in [0.25, 0.3) is 0 Å². The molecule has 1 fully saturated rings. The molecule has 1 aliphatic rings. The van der Waals surface area contributed by atoms with Gasteiger partial charge in [-0.05, 0) is 6.07 Å². The molecule has 6 heteroatoms. The molecule has 2 rings (SSSR count). The minimum atomic E-state index is -0.236. The van der Waals surface area contributed by atoms with Crippen LogP contribution in [0.3, 0.4) is 0 Å². The Labute approximate surface area is 95.8 Å². The molecule has 0 spiro atoms. The summed E-state index contributed by atoms with van der Waals surface area (Å²) in [5.74, 6) is -0.341. The SMILES string of the molecule is O=C1CC(=O)N(c2cnc(Cl)c(Cl)c2)C1. The van der Waals surface area contributed by atoms with Crippen LogP contribution in [0.1, 0.15) is 6.42 Å². The number of nitrogens with zero attached hydrogens (tertiary/aromatic N) is 2. The largest absolute Gasteiger partial charge is 0.303 e. The van der Waals surface area contributed by atoms with Crippen molar-refractivity contribution >= 4 is 40.6 Å². The standard InChI is InChI=1S/C9H6Cl2N2O2/c10-7-1-5(3-12-9(7)11)13-4-6(14)2-8(13)15/h1,3H,2,4H2. The van der Waals surface area contributed by atoms with Gasteiger partial charge in [0.1, 0.15) is 5.15 Å². The first kappa shape index (κ1) is 10.4. The van der Waals surface area contributed by atoms with Crippen molar-refractivity contribution in [1.29, 1.82) is 0 Å². The molecule has 0 unspecified atom stereocenters. The summed E-state index contributed by atoms with van der Waals surface area (Å²) in [6.07, 6.45) is 1.37. The lowest BCUT2D eigenvalue weighted by Gasteiger charge is -2.14. The predicted octanol–water partition coefficient (Wildman–Crippen LogP) is 1.69. The van der Waals surface area contributed by atoms with Crippen LogP contribution in [-0.2, 0) is 9.59 Å². The van der Waals surface area contributed by atoms with Gasteiger partial charge in [-0.2, -0.15) is 0 Å². The van der Waals surface area contributed by atoms with Crippen molar-refractivity contribution in [2.24, 2.45) is 0 Å². The van der Waals surface area contributed by atoms with Gasteiger partial charge < -0.3 is 4.90 Å². The highest BCUT2D eigenvalue weighted by Crippen LogP contribution is 2.26. The summed E-state index contributed by atoms with van der Waals surface area (Å²) in [4.78, 5) is 27.6. The predicted molar refractivity (Wildman–Crippen MR) is 56.2 cm³/mol. The van der Waals surface area contributed by atoms with E-state index < -0.39 is 0 Å². The third-order valence-electron chi connectivity index (χ3n) is 2.08. The van der Waals surface area contributed by atoms with E-state index in [0.29, 0.717) is 5.69 Å². The van der Waals surface area contributed by atoms with Crippen molar-refractivity contribution in [2.45, 2.75) is 6.42 Å². The van der Waals surface area contributed by atoms with Crippen molar-refractivity contribution in [1.82, 2.24) is 4.98 Å². The highest BCUT2D eigenvalue weighted by atomic mass is 35.5. The van der Waals surface area contributed by atoms with Crippen LogP contribution >= 0.6 is 23.2 Å². The number of carbonyl (C=O) groups is 2. The maximum atomic E-state index is 11.4. The minimum Gasteiger partial charge on any atom is -0.303 e. The molecular weight excluding hydrogens is 239 g/mol. The van der Waals surface area contributed by atoms with Crippen LogP contribution in [0.2, 0.25) is 10.2 Å². The van der Waals surface area contributed by atoms with E-state index in [9.17, 15) is 9.59 Å². The number of amides is 1. The number of hydrogen-bond acceptors (Lipinski definition) is 3. The van der Waals surface area contributed by atoms with Crippen LogP contribution in [0.15, 0.2) is 12.3 Å². The number of aromatic nitrogens is 1. The third-order valence-corrected chi connectivity index (χ3v) is 2.76. The number of Topliss-reactive ketones (excluding diaryl/α,β-unsaturated/α-hetero) is 1. The van der Waals surface area contributed by atoms with Crippen molar-refractivity contribution in [3.63, 3.8) is 0 Å². The molecule has 4 nitrogen and oxygen atoms in total. The lowest BCUT2D eigenvalue weighted by atomic mass is 10.3. The normalized spacial score (nSPS) is 16.3. The lowest BCUT2D eigenvalue weighted by Crippen LogP contribution is -2.24. The topological polar surface area (TPSA) is 50.3 Å². The Hall–Kier alpha value is -1.13. The van der Waals surface area contributed by atoms with Crippen LogP contribution in [0.25, 0.3) is 0 Å². The van der Waals surface area contributed by atoms with Crippen molar-refractivity contribution < 1.29 is 9.59 Å². The van der Waals surface area contributed by atoms with E-state index in [1.165, 1.54) is 17.2 Å². The zero-order valence-corrected chi connectivity index (χ0v) is 9.05. The molecule has 0 aliphatic carbocycles. The fourth-order valence-electron chi connectivity index (χ4n) is 1.38. The summed E-state index contributed by atoms with van der Waals surface area (Å²) in [5, 5.41) is 0.444. The van der Waals surface area contributed by atoms with Crippen molar-refractivity contribution in [2.75, 3.05) is 11.4 Å². The molecule has 0 aromatic carbocycles. The average molecular weight is 245 g/mol. The fourth-order valence-corrected chi connectivity index (χ4v) is 1.64. The fraction of sp³-hybridized carbons (Fsp3) is 0.222. The molecule has 0 N–H and O–H groups in total. The molecule has 78 valence electrons. The van der Waals surface area contributed by atoms with Crippen molar-refractivity contribution in [3.8, 4) is 0 Å². The van der Waals surface area contributed by atoms with E-state index in [0.717, 1.165) is 0 Å². The monoisotopic (exact) mass is 244 g/mol. The van der Waals surface area contributed by atoms with Gasteiger partial charge in [0, 0.05) is 0 Å². The molecule has 0 bridgehead atoms. The van der Waals surface area contributed by atoms with Gasteiger partial charge in [-0.1, -0.05) is 23.2 Å². The van der Waals surface area contributed by atoms with Gasteiger partial charge in [0.15, 0.2) is 5.78 Å². The Bertz CT molecular complexity index is 448. The first-order valence-electron chi connectivity index (χ1n) is 4.21. The Morgan fingerprint density at radius 2 is 2.07 bits per heavy atom. The van der Waals surface area contributed by atoms with Crippen LogP contribution in [0.4, 0.5) is 5.69 Å². The quantitative estimate of drug-likeness (QED) is 0.558. The van der Waals surface area contributed by atoms with E-state index in [2.05, 4.69) is 4.98 Å². The van der Waals surface area contributed by atoms with Gasteiger partial charge in [-0.3, -0.25) is 9.59 Å². The maximum Gasteiger partial charge on any atom is 0.234 e. The second-order valence-electron chi connectivity index (χ2n) is 3.16. The van der Waals surface area contributed by atoms with Crippen LogP contribution in [-0.4, -0.2) is 23.2 Å². The van der Waals surface area contributed by atoms with Gasteiger partial charge >= 0.3 is 0 Å². The van der Waals surface area contributed by atoms with E-state index in [1.807, 2.05) is 0 Å². The molecule has 0 atom stereocenters. The summed E-state index contributed by atoms with van der Waals surface area (Å²) < 4.78 is 0. The van der Waals surface area contributed by atoms with Gasteiger partial charge in [0.05, 0.1) is 29.9 Å². The Kier molecular flexibility index (Phi) is 2.63. The van der Waals surface area contributed by atoms with E-state index in [4.69, 9.17) is 23.2 Å². The second-order valence-corrected chi connectivity index (χ2v) is 3.93. The summed E-state index contributed by atoms with van der Waals surface area (Å²) in [5.41, 5.74) is 0.500. The summed E-state index contributed by atoms with van der Waals surface area (Å²) >= 11 is 11.4. The van der Waals surface area contributed by atoms with Crippen LogP contribution in [0.5, 0.6) is 0 Å². The van der Waals surface area contributed by atoms with Gasteiger partial charge in [-0.15, -0.1) is 0 Å². The molecule has 0 saturated carbocycles. The molecular formula is C9H6Cl2N2O2. The van der Waals surface area contributed by atoms with E-state index in [-0.39, 0.29) is 34.8 Å². The Morgan fingerprint density at radius 3 is 2.60 bits per heavy atom. The lowest BCUT2D eigenvalue weighted by molar-refractivity contribution is -0.121. The number of rotatable bonds is 1. The Morgan fingerprint density at radius 1 is 1.33 bits per heavy atom. The zero-order valence-electron chi connectivity index (χ0n) is 7.54. The number of ketones is 1. The molecule has 1 saturated heterocycles. The molecule has 0 radical (unpaired) electrons. The molecule has 1 aromatic rings. The Balaban J connectivity index is 2.34. The van der Waals surface area contributed by atoms with E-state index in [1.54, 1.807) is 0 Å². The summed E-state index contributed by atoms with van der Waals surface area (Å²) in [7, 11) is 0. The zero-order chi connectivity index (χ0) is 11.0. The summed E-state index contributed by atoms with van der Waals surface area (Å²) in [6.45, 7) is 0.0818. The average Bonchev–Trinajstić information content (AvgIpc) is 2.50. The number of halogens is 2. The highest BCUT2D eigenvalue weighted by Gasteiger charge is 2.28. The minimum absolute atomic E-state index is 0.0553. The molecule has 2 heterocycles. The first-order chi connectivity index (χ1) is 7.08. The van der Waals surface area contributed by atoms with Crippen molar-refractivity contribution in [3.05, 3.63) is 22.4 Å². The molecule has 1 aromatic heterocycles. The smallest absolute Gasteiger partial charge is 0.234 e. The van der Waals surface area contributed by atoms with Gasteiger partial charge in [0.2, 0.25) is 5.91 Å². The number of pyridine rings is 1. The molecule has 1 amide bonds. The first-order valence-corrected chi connectivity index (χ1v) is 4.96. The van der Waals surface area contributed by atoms with Crippen LogP contribution in [0, 0.1) is 0 Å². The van der Waals surface area contributed by atoms with Crippen LogP contribution < -0.4 is 4.90 Å². The van der Waals surface area contributed by atoms with E-state index >= 15 is 0 Å². The maximum absolute atomic E-state index is 11.4. The number of anilines is 1. The summed E-state index contributed by atoms with van der Waals surface area (Å²) in [6, 6.07) is 1.52. The molecule has 15 heavy (non-hydrogen) atoms.